The van der Waals surface area contributed by atoms with Crippen LogP contribution in [0.4, 0.5) is 5.69 Å². The van der Waals surface area contributed by atoms with Gasteiger partial charge in [0.2, 0.25) is 5.91 Å². The Bertz CT molecular complexity index is 476. The normalized spacial score (nSPS) is 19.1. The summed E-state index contributed by atoms with van der Waals surface area (Å²) in [5.41, 5.74) is 8.98. The van der Waals surface area contributed by atoms with Gasteiger partial charge in [0.1, 0.15) is 6.04 Å². The zero-order valence-corrected chi connectivity index (χ0v) is 12.2. The van der Waals surface area contributed by atoms with E-state index in [1.165, 1.54) is 11.1 Å². The van der Waals surface area contributed by atoms with Crippen LogP contribution >= 0.6 is 0 Å². The lowest BCUT2D eigenvalue weighted by Gasteiger charge is -2.36. The van der Waals surface area contributed by atoms with Crippen molar-refractivity contribution in [3.8, 4) is 0 Å². The number of ether oxygens (including phenoxy) is 1. The number of anilines is 1. The second-order valence-electron chi connectivity index (χ2n) is 5.10. The van der Waals surface area contributed by atoms with E-state index in [2.05, 4.69) is 42.3 Å². The number of morpholine rings is 1. The molecule has 110 valence electrons. The standard InChI is InChI=1S/C15H23N3O2/c1-3-17-9-12-8-11(2)4-5-13(12)18-6-7-20-10-14(18)15(16)19/h4-5,8,14,17H,3,6-7,9-10H2,1-2H3,(H2,16,19). The molecule has 1 fully saturated rings. The smallest absolute Gasteiger partial charge is 0.242 e. The van der Waals surface area contributed by atoms with E-state index >= 15 is 0 Å². The number of amides is 1. The molecular weight excluding hydrogens is 254 g/mol. The maximum atomic E-state index is 11.6. The van der Waals surface area contributed by atoms with Crippen molar-refractivity contribution in [2.75, 3.05) is 31.2 Å². The molecule has 0 spiro atoms. The van der Waals surface area contributed by atoms with Crippen LogP contribution in [-0.2, 0) is 16.1 Å². The Balaban J connectivity index is 2.31. The second kappa shape index (κ2) is 6.72. The SMILES string of the molecule is CCNCc1cc(C)ccc1N1CCOCC1C(N)=O. The Morgan fingerprint density at radius 2 is 2.35 bits per heavy atom. The van der Waals surface area contributed by atoms with Gasteiger partial charge in [0.15, 0.2) is 0 Å². The van der Waals surface area contributed by atoms with E-state index in [-0.39, 0.29) is 11.9 Å². The summed E-state index contributed by atoms with van der Waals surface area (Å²) < 4.78 is 5.38. The van der Waals surface area contributed by atoms with Crippen molar-refractivity contribution in [3.05, 3.63) is 29.3 Å². The summed E-state index contributed by atoms with van der Waals surface area (Å²) in [5, 5.41) is 3.34. The fourth-order valence-electron chi connectivity index (χ4n) is 2.52. The average molecular weight is 277 g/mol. The third kappa shape index (κ3) is 3.29. The van der Waals surface area contributed by atoms with E-state index in [4.69, 9.17) is 10.5 Å². The molecule has 0 aromatic heterocycles. The number of rotatable bonds is 5. The summed E-state index contributed by atoms with van der Waals surface area (Å²) in [6.45, 7) is 7.53. The van der Waals surface area contributed by atoms with E-state index in [0.29, 0.717) is 19.8 Å². The number of carbonyl (C=O) groups excluding carboxylic acids is 1. The predicted molar refractivity (Wildman–Crippen MR) is 79.7 cm³/mol. The number of primary amides is 1. The highest BCUT2D eigenvalue weighted by Crippen LogP contribution is 2.25. The van der Waals surface area contributed by atoms with Crippen molar-refractivity contribution in [2.24, 2.45) is 5.73 Å². The van der Waals surface area contributed by atoms with Crippen LogP contribution in [-0.4, -0.2) is 38.3 Å². The summed E-state index contributed by atoms with van der Waals surface area (Å²) in [6.07, 6.45) is 0. The molecule has 1 saturated heterocycles. The molecule has 1 unspecified atom stereocenters. The molecule has 1 amide bonds. The number of hydrogen-bond donors (Lipinski definition) is 2. The molecule has 0 bridgehead atoms. The summed E-state index contributed by atoms with van der Waals surface area (Å²) in [6, 6.07) is 5.92. The van der Waals surface area contributed by atoms with E-state index in [9.17, 15) is 4.79 Å². The van der Waals surface area contributed by atoms with E-state index in [1.807, 2.05) is 0 Å². The molecule has 1 atom stereocenters. The molecule has 5 heteroatoms. The molecule has 1 aromatic rings. The fraction of sp³-hybridized carbons (Fsp3) is 0.533. The maximum absolute atomic E-state index is 11.6. The lowest BCUT2D eigenvalue weighted by Crippen LogP contribution is -2.53. The van der Waals surface area contributed by atoms with Crippen LogP contribution in [0.1, 0.15) is 18.1 Å². The number of nitrogens with two attached hydrogens (primary N) is 1. The lowest BCUT2D eigenvalue weighted by atomic mass is 10.1. The number of benzene rings is 1. The highest BCUT2D eigenvalue weighted by atomic mass is 16.5. The average Bonchev–Trinajstić information content (AvgIpc) is 2.45. The molecule has 0 radical (unpaired) electrons. The first-order valence-electron chi connectivity index (χ1n) is 7.07. The first-order chi connectivity index (χ1) is 9.63. The molecule has 1 aliphatic rings. The van der Waals surface area contributed by atoms with Crippen LogP contribution < -0.4 is 16.0 Å². The minimum Gasteiger partial charge on any atom is -0.377 e. The number of nitrogens with zero attached hydrogens (tertiary/aromatic N) is 1. The second-order valence-corrected chi connectivity index (χ2v) is 5.10. The highest BCUT2D eigenvalue weighted by Gasteiger charge is 2.29. The number of hydrogen-bond acceptors (Lipinski definition) is 4. The molecule has 20 heavy (non-hydrogen) atoms. The van der Waals surface area contributed by atoms with E-state index in [1.54, 1.807) is 0 Å². The Labute approximate surface area is 120 Å². The van der Waals surface area contributed by atoms with Gasteiger partial charge in [-0.3, -0.25) is 4.79 Å². The van der Waals surface area contributed by atoms with Crippen molar-refractivity contribution >= 4 is 11.6 Å². The summed E-state index contributed by atoms with van der Waals surface area (Å²) in [4.78, 5) is 13.7. The molecule has 5 nitrogen and oxygen atoms in total. The molecule has 0 saturated carbocycles. The van der Waals surface area contributed by atoms with Gasteiger partial charge in [-0.2, -0.15) is 0 Å². The van der Waals surface area contributed by atoms with E-state index < -0.39 is 0 Å². The van der Waals surface area contributed by atoms with Gasteiger partial charge in [0, 0.05) is 18.8 Å². The van der Waals surface area contributed by atoms with Crippen molar-refractivity contribution in [2.45, 2.75) is 26.4 Å². The third-order valence-corrected chi connectivity index (χ3v) is 3.57. The Hall–Kier alpha value is -1.59. The van der Waals surface area contributed by atoms with Gasteiger partial charge in [0.05, 0.1) is 13.2 Å². The quantitative estimate of drug-likeness (QED) is 0.835. The predicted octanol–water partition coefficient (Wildman–Crippen LogP) is 0.795. The van der Waals surface area contributed by atoms with Crippen LogP contribution in [0.3, 0.4) is 0 Å². The van der Waals surface area contributed by atoms with Crippen molar-refractivity contribution in [1.82, 2.24) is 5.32 Å². The van der Waals surface area contributed by atoms with Gasteiger partial charge in [-0.05, 0) is 25.1 Å². The summed E-state index contributed by atoms with van der Waals surface area (Å²) >= 11 is 0. The van der Waals surface area contributed by atoms with Gasteiger partial charge in [0.25, 0.3) is 0 Å². The summed E-state index contributed by atoms with van der Waals surface area (Å²) in [5.74, 6) is -0.334. The topological polar surface area (TPSA) is 67.6 Å². The zero-order valence-electron chi connectivity index (χ0n) is 12.2. The van der Waals surface area contributed by atoms with Crippen molar-refractivity contribution < 1.29 is 9.53 Å². The Morgan fingerprint density at radius 1 is 1.55 bits per heavy atom. The Kier molecular flexibility index (Phi) is 4.98. The lowest BCUT2D eigenvalue weighted by molar-refractivity contribution is -0.121. The molecule has 0 aliphatic carbocycles. The van der Waals surface area contributed by atoms with Gasteiger partial charge in [-0.25, -0.2) is 0 Å². The van der Waals surface area contributed by atoms with Crippen LogP contribution in [0.5, 0.6) is 0 Å². The molecule has 3 N–H and O–H groups in total. The molecular formula is C15H23N3O2. The van der Waals surface area contributed by atoms with Gasteiger partial charge in [-0.1, -0.05) is 24.6 Å². The zero-order chi connectivity index (χ0) is 14.5. The van der Waals surface area contributed by atoms with Crippen LogP contribution in [0, 0.1) is 6.92 Å². The van der Waals surface area contributed by atoms with Gasteiger partial charge < -0.3 is 20.7 Å². The maximum Gasteiger partial charge on any atom is 0.242 e. The van der Waals surface area contributed by atoms with E-state index in [0.717, 1.165) is 18.8 Å². The van der Waals surface area contributed by atoms with Gasteiger partial charge >= 0.3 is 0 Å². The number of carbonyl (C=O) groups is 1. The fourth-order valence-corrected chi connectivity index (χ4v) is 2.52. The van der Waals surface area contributed by atoms with Gasteiger partial charge in [-0.15, -0.1) is 0 Å². The minimum atomic E-state index is -0.383. The largest absolute Gasteiger partial charge is 0.377 e. The monoisotopic (exact) mass is 277 g/mol. The Morgan fingerprint density at radius 3 is 3.05 bits per heavy atom. The number of aryl methyl sites for hydroxylation is 1. The van der Waals surface area contributed by atoms with Crippen LogP contribution in [0.25, 0.3) is 0 Å². The minimum absolute atomic E-state index is 0.334. The summed E-state index contributed by atoms with van der Waals surface area (Å²) in [7, 11) is 0. The first-order valence-corrected chi connectivity index (χ1v) is 7.07. The van der Waals surface area contributed by atoms with Crippen LogP contribution in [0.2, 0.25) is 0 Å². The third-order valence-electron chi connectivity index (χ3n) is 3.57. The highest BCUT2D eigenvalue weighted by molar-refractivity contribution is 5.84. The number of nitrogens with one attached hydrogen (secondary N) is 1. The molecule has 1 heterocycles. The molecule has 1 aliphatic heterocycles. The van der Waals surface area contributed by atoms with Crippen molar-refractivity contribution in [3.63, 3.8) is 0 Å². The molecule has 2 rings (SSSR count). The van der Waals surface area contributed by atoms with Crippen LogP contribution in [0.15, 0.2) is 18.2 Å². The van der Waals surface area contributed by atoms with Crippen molar-refractivity contribution in [1.29, 1.82) is 0 Å². The molecule has 1 aromatic carbocycles. The first kappa shape index (κ1) is 14.8.